The molecule has 0 atom stereocenters. The Morgan fingerprint density at radius 3 is 2.52 bits per heavy atom. The van der Waals surface area contributed by atoms with Crippen LogP contribution in [0.4, 0.5) is 4.39 Å². The van der Waals surface area contributed by atoms with Crippen molar-refractivity contribution in [1.82, 2.24) is 15.1 Å². The molecule has 0 bridgehead atoms. The number of unbranched alkanes of at least 4 members (excludes halogenated alkanes) is 2. The zero-order chi connectivity index (χ0) is 29.3. The number of aromatic amines is 1. The van der Waals surface area contributed by atoms with E-state index < -0.39 is 5.95 Å². The first-order valence-electron chi connectivity index (χ1n) is 14.7. The number of hydrogen-bond acceptors (Lipinski definition) is 4. The van der Waals surface area contributed by atoms with E-state index in [4.69, 9.17) is 9.84 Å². The zero-order valence-electron chi connectivity index (χ0n) is 24.1. The third-order valence-electron chi connectivity index (χ3n) is 7.91. The fraction of sp³-hybridized carbons (Fsp3) is 0.314. The summed E-state index contributed by atoms with van der Waals surface area (Å²) >= 11 is 0. The van der Waals surface area contributed by atoms with Crippen molar-refractivity contribution in [3.8, 4) is 5.75 Å². The van der Waals surface area contributed by atoms with Gasteiger partial charge in [-0.3, -0.25) is 9.89 Å². The number of nitrogens with zero attached hydrogens (tertiary/aromatic N) is 2. The summed E-state index contributed by atoms with van der Waals surface area (Å²) in [5.41, 5.74) is 6.26. The van der Waals surface area contributed by atoms with Gasteiger partial charge >= 0.3 is 0 Å². The Bertz CT molecular complexity index is 1540. The molecule has 4 aromatic rings. The number of aliphatic hydroxyl groups is 1. The van der Waals surface area contributed by atoms with Crippen molar-refractivity contribution >= 4 is 28.0 Å². The Kier molecular flexibility index (Phi) is 9.82. The van der Waals surface area contributed by atoms with Crippen molar-refractivity contribution in [1.29, 1.82) is 0 Å². The number of hydrogen-bond donors (Lipinski definition) is 2. The number of rotatable bonds is 13. The van der Waals surface area contributed by atoms with Gasteiger partial charge in [0.2, 0.25) is 11.9 Å². The zero-order valence-corrected chi connectivity index (χ0v) is 24.1. The Labute approximate surface area is 246 Å². The smallest absolute Gasteiger partial charge is 0.246 e. The van der Waals surface area contributed by atoms with Crippen LogP contribution in [0.25, 0.3) is 22.0 Å². The van der Waals surface area contributed by atoms with E-state index in [0.717, 1.165) is 54.6 Å². The van der Waals surface area contributed by atoms with Gasteiger partial charge in [0, 0.05) is 13.6 Å². The van der Waals surface area contributed by atoms with Crippen molar-refractivity contribution in [3.05, 3.63) is 108 Å². The van der Waals surface area contributed by atoms with E-state index in [2.05, 4.69) is 46.6 Å². The lowest BCUT2D eigenvalue weighted by atomic mass is 9.73. The van der Waals surface area contributed by atoms with Crippen LogP contribution < -0.4 is 4.74 Å². The van der Waals surface area contributed by atoms with Gasteiger partial charge < -0.3 is 14.7 Å². The third kappa shape index (κ3) is 6.97. The standard InChI is InChI=1S/C35H38FN3O3/c1-39(21-22-40)32(41)14-7-2-3-8-23-42-29-18-15-27(16-19-29)34(28-17-20-31-30(24-28)35(36)38-37-31)33(26-12-9-13-26)25-10-5-4-6-11-25/h4-7,10-11,14-20,24,26,40H,2-3,8-9,12-13,21-23H2,1H3,(H,37,38)/b14-7+,34-33-. The molecule has 1 aliphatic rings. The number of likely N-dealkylation sites (N-methyl/N-ethyl adjacent to an activating group) is 1. The van der Waals surface area contributed by atoms with Crippen molar-refractivity contribution in [2.24, 2.45) is 5.92 Å². The fourth-order valence-corrected chi connectivity index (χ4v) is 5.35. The molecular formula is C35H38FN3O3. The summed E-state index contributed by atoms with van der Waals surface area (Å²) in [6.07, 6.45) is 9.50. The first-order chi connectivity index (χ1) is 20.5. The Morgan fingerprint density at radius 1 is 1.05 bits per heavy atom. The van der Waals surface area contributed by atoms with Crippen LogP contribution in [0.15, 0.2) is 84.9 Å². The molecule has 0 unspecified atom stereocenters. The van der Waals surface area contributed by atoms with Crippen LogP contribution in [0.1, 0.15) is 55.2 Å². The molecule has 5 rings (SSSR count). The molecule has 1 saturated carbocycles. The first kappa shape index (κ1) is 29.3. The Hall–Kier alpha value is -4.23. The summed E-state index contributed by atoms with van der Waals surface area (Å²) in [4.78, 5) is 13.4. The average molecular weight is 568 g/mol. The molecule has 1 aliphatic carbocycles. The molecule has 42 heavy (non-hydrogen) atoms. The summed E-state index contributed by atoms with van der Waals surface area (Å²) in [5.74, 6) is 0.727. The van der Waals surface area contributed by atoms with Gasteiger partial charge in [-0.15, -0.1) is 0 Å². The highest BCUT2D eigenvalue weighted by molar-refractivity contribution is 6.01. The number of ether oxygens (including phenoxy) is 1. The molecule has 0 spiro atoms. The number of fused-ring (bicyclic) bond motifs is 1. The first-order valence-corrected chi connectivity index (χ1v) is 14.7. The lowest BCUT2D eigenvalue weighted by Crippen LogP contribution is -2.27. The van der Waals surface area contributed by atoms with Crippen molar-refractivity contribution in [2.75, 3.05) is 26.8 Å². The van der Waals surface area contributed by atoms with Crippen LogP contribution in [-0.4, -0.2) is 52.9 Å². The van der Waals surface area contributed by atoms with E-state index in [1.54, 1.807) is 13.1 Å². The quantitative estimate of drug-likeness (QED) is 0.103. The number of aliphatic hydroxyl groups excluding tert-OH is 1. The maximum absolute atomic E-state index is 14.5. The molecule has 6 nitrogen and oxygen atoms in total. The number of amides is 1. The molecule has 1 fully saturated rings. The molecule has 1 amide bonds. The van der Waals surface area contributed by atoms with E-state index >= 15 is 0 Å². The number of H-pyrrole nitrogens is 1. The highest BCUT2D eigenvalue weighted by Gasteiger charge is 2.27. The van der Waals surface area contributed by atoms with Crippen LogP contribution >= 0.6 is 0 Å². The number of nitrogens with one attached hydrogen (secondary N) is 1. The van der Waals surface area contributed by atoms with E-state index in [1.165, 1.54) is 22.5 Å². The second-order valence-corrected chi connectivity index (χ2v) is 10.8. The monoisotopic (exact) mass is 567 g/mol. The summed E-state index contributed by atoms with van der Waals surface area (Å²) in [5, 5.41) is 16.0. The molecule has 1 aromatic heterocycles. The van der Waals surface area contributed by atoms with E-state index in [1.807, 2.05) is 42.5 Å². The van der Waals surface area contributed by atoms with E-state index in [0.29, 0.717) is 30.0 Å². The highest BCUT2D eigenvalue weighted by Crippen LogP contribution is 2.45. The normalized spacial score (nSPS) is 14.2. The fourth-order valence-electron chi connectivity index (χ4n) is 5.35. The largest absolute Gasteiger partial charge is 0.494 e. The van der Waals surface area contributed by atoms with Crippen LogP contribution in [0.2, 0.25) is 0 Å². The Morgan fingerprint density at radius 2 is 1.81 bits per heavy atom. The SMILES string of the molecule is CN(CCO)C(=O)/C=C/CCCCOc1ccc(/C(=C(\c2ccccc2)C2CCC2)c2ccc3n[nH]c(F)c3c2)cc1. The van der Waals surface area contributed by atoms with Crippen LogP contribution in [-0.2, 0) is 4.79 Å². The summed E-state index contributed by atoms with van der Waals surface area (Å²) in [6, 6.07) is 24.5. The second kappa shape index (κ2) is 14.1. The predicted molar refractivity (Wildman–Crippen MR) is 165 cm³/mol. The maximum atomic E-state index is 14.5. The second-order valence-electron chi connectivity index (χ2n) is 10.8. The molecule has 0 aliphatic heterocycles. The van der Waals surface area contributed by atoms with Gasteiger partial charge in [0.05, 0.1) is 24.1 Å². The van der Waals surface area contributed by atoms with E-state index in [9.17, 15) is 9.18 Å². The number of aromatic nitrogens is 2. The lowest BCUT2D eigenvalue weighted by Gasteiger charge is -2.31. The molecule has 1 heterocycles. The van der Waals surface area contributed by atoms with Gasteiger partial charge in [0.25, 0.3) is 0 Å². The molecule has 3 aromatic carbocycles. The molecule has 0 saturated heterocycles. The molecule has 0 radical (unpaired) electrons. The summed E-state index contributed by atoms with van der Waals surface area (Å²) in [6.45, 7) is 0.878. The molecule has 218 valence electrons. The van der Waals surface area contributed by atoms with Gasteiger partial charge in [-0.1, -0.05) is 61.0 Å². The highest BCUT2D eigenvalue weighted by atomic mass is 19.1. The minimum atomic E-state index is -0.420. The number of carbonyl (C=O) groups excluding carboxylic acids is 1. The van der Waals surface area contributed by atoms with Gasteiger partial charge in [0.15, 0.2) is 0 Å². The van der Waals surface area contributed by atoms with Crippen molar-refractivity contribution < 1.29 is 19.0 Å². The lowest BCUT2D eigenvalue weighted by molar-refractivity contribution is -0.125. The van der Waals surface area contributed by atoms with Crippen LogP contribution in [0.3, 0.4) is 0 Å². The van der Waals surface area contributed by atoms with Crippen LogP contribution in [0.5, 0.6) is 5.75 Å². The summed E-state index contributed by atoms with van der Waals surface area (Å²) in [7, 11) is 1.68. The number of allylic oxidation sites excluding steroid dienone is 2. The molecule has 2 N–H and O–H groups in total. The van der Waals surface area contributed by atoms with Gasteiger partial charge in [0.1, 0.15) is 5.75 Å². The van der Waals surface area contributed by atoms with Crippen LogP contribution in [0, 0.1) is 11.9 Å². The minimum absolute atomic E-state index is 0.0399. The van der Waals surface area contributed by atoms with Crippen molar-refractivity contribution in [3.63, 3.8) is 0 Å². The number of halogens is 1. The number of carbonyl (C=O) groups is 1. The van der Waals surface area contributed by atoms with Gasteiger partial charge in [-0.25, -0.2) is 0 Å². The predicted octanol–water partition coefficient (Wildman–Crippen LogP) is 7.02. The van der Waals surface area contributed by atoms with E-state index in [-0.39, 0.29) is 12.5 Å². The van der Waals surface area contributed by atoms with Crippen molar-refractivity contribution in [2.45, 2.75) is 38.5 Å². The average Bonchev–Trinajstić information content (AvgIpc) is 3.36. The summed E-state index contributed by atoms with van der Waals surface area (Å²) < 4.78 is 20.6. The van der Waals surface area contributed by atoms with Gasteiger partial charge in [-0.05, 0) is 96.2 Å². The molecule has 7 heteroatoms. The van der Waals surface area contributed by atoms with Gasteiger partial charge in [-0.2, -0.15) is 9.49 Å². The Balaban J connectivity index is 1.33. The minimum Gasteiger partial charge on any atom is -0.494 e. The third-order valence-corrected chi connectivity index (χ3v) is 7.91. The maximum Gasteiger partial charge on any atom is 0.246 e. The number of benzene rings is 3. The topological polar surface area (TPSA) is 78.4 Å². The molecular weight excluding hydrogens is 529 g/mol.